The number of oxime groups is 1. The lowest BCUT2D eigenvalue weighted by molar-refractivity contribution is 0.0598. The van der Waals surface area contributed by atoms with E-state index in [0.717, 1.165) is 5.56 Å². The van der Waals surface area contributed by atoms with Crippen LogP contribution in [0.2, 0.25) is 0 Å². The van der Waals surface area contributed by atoms with E-state index in [1.54, 1.807) is 50.5 Å². The van der Waals surface area contributed by atoms with Crippen molar-refractivity contribution < 1.29 is 23.6 Å². The molecule has 25 heavy (non-hydrogen) atoms. The van der Waals surface area contributed by atoms with Crippen LogP contribution in [0, 0.1) is 6.92 Å². The Balaban J connectivity index is 2.07. The second-order valence-corrected chi connectivity index (χ2v) is 5.37. The standard InChI is InChI=1S/C18H20N2O5/c1-12-16(18(22)23-3)9-15(25-12)11-20(2)17(21)14-7-5-13(6-8-14)10-19-24-4/h5-10H,11H2,1-4H3/b19-10+. The van der Waals surface area contributed by atoms with Crippen LogP contribution in [0.4, 0.5) is 0 Å². The van der Waals surface area contributed by atoms with Crippen molar-refractivity contribution in [3.63, 3.8) is 0 Å². The highest BCUT2D eigenvalue weighted by molar-refractivity contribution is 5.95. The number of furan rings is 1. The molecule has 0 aliphatic rings. The maximum atomic E-state index is 12.5. The van der Waals surface area contributed by atoms with Crippen molar-refractivity contribution in [3.8, 4) is 0 Å². The second kappa shape index (κ2) is 8.14. The molecule has 2 rings (SSSR count). The molecule has 0 saturated heterocycles. The predicted molar refractivity (Wildman–Crippen MR) is 91.6 cm³/mol. The van der Waals surface area contributed by atoms with E-state index in [1.807, 2.05) is 0 Å². The molecule has 0 radical (unpaired) electrons. The first kappa shape index (κ1) is 18.3. The average molecular weight is 344 g/mol. The van der Waals surface area contributed by atoms with Crippen molar-refractivity contribution in [1.82, 2.24) is 4.90 Å². The Labute approximate surface area is 145 Å². The number of nitrogens with zero attached hydrogens (tertiary/aromatic N) is 2. The Morgan fingerprint density at radius 1 is 1.24 bits per heavy atom. The first-order valence-electron chi connectivity index (χ1n) is 7.56. The molecule has 0 aliphatic carbocycles. The molecule has 0 N–H and O–H groups in total. The molecule has 1 aromatic heterocycles. The van der Waals surface area contributed by atoms with Crippen LogP contribution < -0.4 is 0 Å². The van der Waals surface area contributed by atoms with Crippen molar-refractivity contribution >= 4 is 18.1 Å². The van der Waals surface area contributed by atoms with Crippen LogP contribution in [0.5, 0.6) is 0 Å². The molecule has 1 heterocycles. The minimum atomic E-state index is -0.463. The zero-order chi connectivity index (χ0) is 18.4. The van der Waals surface area contributed by atoms with E-state index >= 15 is 0 Å². The highest BCUT2D eigenvalue weighted by Gasteiger charge is 2.18. The average Bonchev–Trinajstić information content (AvgIpc) is 2.99. The van der Waals surface area contributed by atoms with Crippen molar-refractivity contribution in [2.45, 2.75) is 13.5 Å². The van der Waals surface area contributed by atoms with Crippen molar-refractivity contribution in [3.05, 3.63) is 58.5 Å². The first-order chi connectivity index (χ1) is 12.0. The number of carbonyl (C=O) groups excluding carboxylic acids is 2. The molecular weight excluding hydrogens is 324 g/mol. The smallest absolute Gasteiger partial charge is 0.341 e. The van der Waals surface area contributed by atoms with Gasteiger partial charge in [0.15, 0.2) is 0 Å². The maximum absolute atomic E-state index is 12.5. The largest absolute Gasteiger partial charge is 0.465 e. The zero-order valence-electron chi connectivity index (χ0n) is 14.6. The minimum Gasteiger partial charge on any atom is -0.465 e. The maximum Gasteiger partial charge on any atom is 0.341 e. The Morgan fingerprint density at radius 3 is 2.52 bits per heavy atom. The van der Waals surface area contributed by atoms with E-state index in [-0.39, 0.29) is 12.5 Å². The van der Waals surface area contributed by atoms with Crippen LogP contribution in [-0.4, -0.2) is 44.3 Å². The number of benzene rings is 1. The number of ether oxygens (including phenoxy) is 1. The molecule has 0 saturated carbocycles. The third-order valence-electron chi connectivity index (χ3n) is 3.58. The first-order valence-corrected chi connectivity index (χ1v) is 7.56. The number of methoxy groups -OCH3 is 1. The summed E-state index contributed by atoms with van der Waals surface area (Å²) >= 11 is 0. The molecular formula is C18H20N2O5. The highest BCUT2D eigenvalue weighted by Crippen LogP contribution is 2.18. The van der Waals surface area contributed by atoms with Gasteiger partial charge in [-0.1, -0.05) is 17.3 Å². The Morgan fingerprint density at radius 2 is 1.92 bits per heavy atom. The lowest BCUT2D eigenvalue weighted by atomic mass is 10.1. The summed E-state index contributed by atoms with van der Waals surface area (Å²) in [5.74, 6) is 0.348. The fourth-order valence-electron chi connectivity index (χ4n) is 2.29. The van der Waals surface area contributed by atoms with Gasteiger partial charge in [-0.25, -0.2) is 4.79 Å². The van der Waals surface area contributed by atoms with Crippen LogP contribution >= 0.6 is 0 Å². The highest BCUT2D eigenvalue weighted by atomic mass is 16.6. The van der Waals surface area contributed by atoms with Gasteiger partial charge in [-0.3, -0.25) is 4.79 Å². The fraction of sp³-hybridized carbons (Fsp3) is 0.278. The quantitative estimate of drug-likeness (QED) is 0.457. The minimum absolute atomic E-state index is 0.163. The summed E-state index contributed by atoms with van der Waals surface area (Å²) in [4.78, 5) is 30.2. The molecule has 132 valence electrons. The van der Waals surface area contributed by atoms with Gasteiger partial charge >= 0.3 is 5.97 Å². The Hall–Kier alpha value is -3.09. The molecule has 1 amide bonds. The Bertz CT molecular complexity index is 777. The molecule has 0 unspecified atom stereocenters. The van der Waals surface area contributed by atoms with Gasteiger partial charge in [0.2, 0.25) is 0 Å². The van der Waals surface area contributed by atoms with Gasteiger partial charge in [0, 0.05) is 12.6 Å². The molecule has 0 atom stereocenters. The van der Waals surface area contributed by atoms with Crippen LogP contribution in [0.25, 0.3) is 0 Å². The fourth-order valence-corrected chi connectivity index (χ4v) is 2.29. The van der Waals surface area contributed by atoms with Gasteiger partial charge in [0.25, 0.3) is 5.91 Å². The summed E-state index contributed by atoms with van der Waals surface area (Å²) in [6.45, 7) is 1.92. The third kappa shape index (κ3) is 4.47. The summed E-state index contributed by atoms with van der Waals surface area (Å²) in [7, 11) is 4.44. The SMILES string of the molecule is CO/N=C/c1ccc(C(=O)N(C)Cc2cc(C(=O)OC)c(C)o2)cc1. The van der Waals surface area contributed by atoms with Gasteiger partial charge in [-0.15, -0.1) is 0 Å². The third-order valence-corrected chi connectivity index (χ3v) is 3.58. The van der Waals surface area contributed by atoms with E-state index in [4.69, 9.17) is 9.15 Å². The number of hydrogen-bond donors (Lipinski definition) is 0. The van der Waals surface area contributed by atoms with Crippen molar-refractivity contribution in [2.75, 3.05) is 21.3 Å². The lowest BCUT2D eigenvalue weighted by Gasteiger charge is -2.15. The summed E-state index contributed by atoms with van der Waals surface area (Å²) < 4.78 is 10.2. The summed E-state index contributed by atoms with van der Waals surface area (Å²) in [6.07, 6.45) is 1.55. The van der Waals surface area contributed by atoms with Gasteiger partial charge < -0.3 is 18.9 Å². The molecule has 0 spiro atoms. The van der Waals surface area contributed by atoms with Gasteiger partial charge in [-0.05, 0) is 30.7 Å². The van der Waals surface area contributed by atoms with Crippen LogP contribution in [-0.2, 0) is 16.1 Å². The number of carbonyl (C=O) groups is 2. The van der Waals surface area contributed by atoms with E-state index in [9.17, 15) is 9.59 Å². The summed E-state index contributed by atoms with van der Waals surface area (Å²) in [5.41, 5.74) is 1.72. The molecule has 1 aromatic carbocycles. The van der Waals surface area contributed by atoms with Crippen LogP contribution in [0.3, 0.4) is 0 Å². The van der Waals surface area contributed by atoms with E-state index in [1.165, 1.54) is 19.1 Å². The topological polar surface area (TPSA) is 81.3 Å². The summed E-state index contributed by atoms with van der Waals surface area (Å²) in [6, 6.07) is 8.56. The van der Waals surface area contributed by atoms with Gasteiger partial charge in [0.05, 0.1) is 19.9 Å². The van der Waals surface area contributed by atoms with Gasteiger partial charge in [0.1, 0.15) is 24.2 Å². The molecule has 7 heteroatoms. The number of esters is 1. The number of rotatable bonds is 6. The number of aryl methyl sites for hydroxylation is 1. The molecule has 2 aromatic rings. The number of amides is 1. The zero-order valence-corrected chi connectivity index (χ0v) is 14.6. The molecule has 0 fully saturated rings. The molecule has 7 nitrogen and oxygen atoms in total. The van der Waals surface area contributed by atoms with Crippen LogP contribution in [0.15, 0.2) is 39.9 Å². The normalized spacial score (nSPS) is 10.7. The second-order valence-electron chi connectivity index (χ2n) is 5.37. The summed E-state index contributed by atoms with van der Waals surface area (Å²) in [5, 5.41) is 3.67. The molecule has 0 aliphatic heterocycles. The molecule has 0 bridgehead atoms. The number of hydrogen-bond acceptors (Lipinski definition) is 6. The monoisotopic (exact) mass is 344 g/mol. The van der Waals surface area contributed by atoms with E-state index < -0.39 is 5.97 Å². The predicted octanol–water partition coefficient (Wildman–Crippen LogP) is 2.63. The van der Waals surface area contributed by atoms with Gasteiger partial charge in [-0.2, -0.15) is 0 Å². The Kier molecular flexibility index (Phi) is 5.94. The van der Waals surface area contributed by atoms with Crippen molar-refractivity contribution in [2.24, 2.45) is 5.16 Å². The van der Waals surface area contributed by atoms with Crippen LogP contribution in [0.1, 0.15) is 37.8 Å². The van der Waals surface area contributed by atoms with Crippen molar-refractivity contribution in [1.29, 1.82) is 0 Å². The lowest BCUT2D eigenvalue weighted by Crippen LogP contribution is -2.26. The van der Waals surface area contributed by atoms with E-state index in [0.29, 0.717) is 22.6 Å². The van der Waals surface area contributed by atoms with E-state index in [2.05, 4.69) is 9.99 Å².